The molecule has 7 heteroatoms. The van der Waals surface area contributed by atoms with Crippen LogP contribution >= 0.6 is 11.3 Å². The van der Waals surface area contributed by atoms with Gasteiger partial charge in [0.25, 0.3) is 0 Å². The fraction of sp³-hybridized carbons (Fsp3) is 0.385. The lowest BCUT2D eigenvalue weighted by Crippen LogP contribution is -2.36. The van der Waals surface area contributed by atoms with Gasteiger partial charge in [0, 0.05) is 46.7 Å². The zero-order valence-electron chi connectivity index (χ0n) is 18.4. The Kier molecular flexibility index (Phi) is 6.17. The molecular formula is C26H26FNO4S. The van der Waals surface area contributed by atoms with Crippen molar-refractivity contribution in [1.82, 2.24) is 5.32 Å². The van der Waals surface area contributed by atoms with E-state index in [1.54, 1.807) is 23.5 Å². The van der Waals surface area contributed by atoms with Crippen LogP contribution in [0.3, 0.4) is 0 Å². The SMILES string of the molecule is CC1=C(C(=O)OC[C@@H]2CCCO2)[C@H](c2ccc(F)cc2)C2=C(C[C@H](c3cccs3)CC2=O)N1. The zero-order chi connectivity index (χ0) is 22.9. The van der Waals surface area contributed by atoms with Crippen LogP contribution in [0.25, 0.3) is 0 Å². The number of hydrogen-bond donors (Lipinski definition) is 1. The summed E-state index contributed by atoms with van der Waals surface area (Å²) >= 11 is 1.65. The molecule has 1 aliphatic carbocycles. The van der Waals surface area contributed by atoms with Crippen LogP contribution in [-0.4, -0.2) is 31.1 Å². The minimum Gasteiger partial charge on any atom is -0.459 e. The number of hydrogen-bond acceptors (Lipinski definition) is 6. The number of Topliss-reactive ketones (excluding diaryl/α,β-unsaturated/α-hetero) is 1. The van der Waals surface area contributed by atoms with Crippen LogP contribution in [0, 0.1) is 5.82 Å². The third-order valence-corrected chi connectivity index (χ3v) is 7.66. The lowest BCUT2D eigenvalue weighted by molar-refractivity contribution is -0.142. The quantitative estimate of drug-likeness (QED) is 0.629. The molecule has 5 nitrogen and oxygen atoms in total. The van der Waals surface area contributed by atoms with Gasteiger partial charge in [-0.1, -0.05) is 18.2 Å². The summed E-state index contributed by atoms with van der Waals surface area (Å²) in [6.07, 6.45) is 2.81. The molecule has 1 saturated heterocycles. The van der Waals surface area contributed by atoms with E-state index in [1.807, 2.05) is 18.4 Å². The zero-order valence-corrected chi connectivity index (χ0v) is 19.3. The molecular weight excluding hydrogens is 441 g/mol. The number of benzene rings is 1. The first-order valence-corrected chi connectivity index (χ1v) is 12.2. The highest BCUT2D eigenvalue weighted by Crippen LogP contribution is 2.46. The molecule has 1 N–H and O–H groups in total. The molecule has 1 aromatic carbocycles. The molecule has 172 valence electrons. The fourth-order valence-corrected chi connectivity index (χ4v) is 5.88. The maximum atomic E-state index is 13.7. The Labute approximate surface area is 196 Å². The third-order valence-electron chi connectivity index (χ3n) is 6.62. The van der Waals surface area contributed by atoms with E-state index < -0.39 is 11.9 Å². The number of ether oxygens (including phenoxy) is 2. The van der Waals surface area contributed by atoms with Gasteiger partial charge in [-0.3, -0.25) is 4.79 Å². The number of thiophene rings is 1. The predicted octanol–water partition coefficient (Wildman–Crippen LogP) is 4.97. The maximum Gasteiger partial charge on any atom is 0.336 e. The van der Waals surface area contributed by atoms with Gasteiger partial charge in [0.05, 0.1) is 11.7 Å². The molecule has 2 aliphatic heterocycles. The maximum absolute atomic E-state index is 13.7. The minimum absolute atomic E-state index is 0.00778. The second kappa shape index (κ2) is 9.23. The first kappa shape index (κ1) is 22.0. The van der Waals surface area contributed by atoms with E-state index >= 15 is 0 Å². The van der Waals surface area contributed by atoms with Gasteiger partial charge in [-0.05, 0) is 55.3 Å². The van der Waals surface area contributed by atoms with Crippen molar-refractivity contribution in [2.24, 2.45) is 0 Å². The second-order valence-electron chi connectivity index (χ2n) is 8.82. The lowest BCUT2D eigenvalue weighted by atomic mass is 9.72. The van der Waals surface area contributed by atoms with Gasteiger partial charge in [0.2, 0.25) is 0 Å². The molecule has 0 bridgehead atoms. The molecule has 5 rings (SSSR count). The van der Waals surface area contributed by atoms with Gasteiger partial charge >= 0.3 is 5.97 Å². The number of esters is 1. The standard InChI is InChI=1S/C26H26FNO4S/c1-15-23(26(30)32-14-19-4-2-10-31-19)24(16-6-8-18(27)9-7-16)25-20(28-15)12-17(13-21(25)29)22-5-3-11-33-22/h3,5-9,11,17,19,24,28H,2,4,10,12-14H2,1H3/t17-,19-,24-/m0/s1. The summed E-state index contributed by atoms with van der Waals surface area (Å²) in [6, 6.07) is 10.1. The topological polar surface area (TPSA) is 64.6 Å². The number of carbonyl (C=O) groups is 2. The van der Waals surface area contributed by atoms with Crippen LogP contribution in [0.5, 0.6) is 0 Å². The molecule has 1 fully saturated rings. The third kappa shape index (κ3) is 4.39. The Bertz CT molecular complexity index is 1110. The Morgan fingerprint density at radius 3 is 2.76 bits per heavy atom. The summed E-state index contributed by atoms with van der Waals surface area (Å²) in [7, 11) is 0. The molecule has 3 heterocycles. The minimum atomic E-state index is -0.587. The van der Waals surface area contributed by atoms with Crippen molar-refractivity contribution in [2.45, 2.75) is 50.5 Å². The number of allylic oxidation sites excluding steroid dienone is 3. The van der Waals surface area contributed by atoms with Crippen LogP contribution in [0.15, 0.2) is 64.3 Å². The average molecular weight is 468 g/mol. The van der Waals surface area contributed by atoms with E-state index in [4.69, 9.17) is 9.47 Å². The molecule has 0 spiro atoms. The van der Waals surface area contributed by atoms with Gasteiger partial charge in [-0.25, -0.2) is 9.18 Å². The van der Waals surface area contributed by atoms with Gasteiger partial charge in [0.15, 0.2) is 5.78 Å². The Morgan fingerprint density at radius 1 is 1.24 bits per heavy atom. The van der Waals surface area contributed by atoms with E-state index in [9.17, 15) is 14.0 Å². The first-order valence-electron chi connectivity index (χ1n) is 11.3. The van der Waals surface area contributed by atoms with Crippen molar-refractivity contribution in [3.8, 4) is 0 Å². The Hall–Kier alpha value is -2.77. The molecule has 3 aliphatic rings. The van der Waals surface area contributed by atoms with Crippen LogP contribution in [-0.2, 0) is 19.1 Å². The largest absolute Gasteiger partial charge is 0.459 e. The van der Waals surface area contributed by atoms with Gasteiger partial charge < -0.3 is 14.8 Å². The van der Waals surface area contributed by atoms with Crippen molar-refractivity contribution in [1.29, 1.82) is 0 Å². The smallest absolute Gasteiger partial charge is 0.336 e. The fourth-order valence-electron chi connectivity index (χ4n) is 5.05. The molecule has 33 heavy (non-hydrogen) atoms. The second-order valence-corrected chi connectivity index (χ2v) is 9.80. The van der Waals surface area contributed by atoms with E-state index in [0.717, 1.165) is 18.5 Å². The summed E-state index contributed by atoms with van der Waals surface area (Å²) in [4.78, 5) is 27.9. The summed E-state index contributed by atoms with van der Waals surface area (Å²) in [5, 5.41) is 5.37. The number of ketones is 1. The van der Waals surface area contributed by atoms with Crippen LogP contribution < -0.4 is 5.32 Å². The van der Waals surface area contributed by atoms with Crippen LogP contribution in [0.4, 0.5) is 4.39 Å². The van der Waals surface area contributed by atoms with Crippen LogP contribution in [0.2, 0.25) is 0 Å². The van der Waals surface area contributed by atoms with Crippen molar-refractivity contribution in [3.63, 3.8) is 0 Å². The Balaban J connectivity index is 1.50. The Morgan fingerprint density at radius 2 is 2.06 bits per heavy atom. The van der Waals surface area contributed by atoms with Crippen molar-refractivity contribution >= 4 is 23.1 Å². The average Bonchev–Trinajstić information content (AvgIpc) is 3.51. The van der Waals surface area contributed by atoms with E-state index in [2.05, 4.69) is 11.4 Å². The number of dihydropyridines is 1. The van der Waals surface area contributed by atoms with E-state index in [0.29, 0.717) is 41.9 Å². The van der Waals surface area contributed by atoms with Gasteiger partial charge in [0.1, 0.15) is 12.4 Å². The molecule has 1 aromatic heterocycles. The molecule has 2 aromatic rings. The van der Waals surface area contributed by atoms with Crippen molar-refractivity contribution in [3.05, 3.63) is 80.6 Å². The van der Waals surface area contributed by atoms with E-state index in [1.165, 1.54) is 17.0 Å². The summed E-state index contributed by atoms with van der Waals surface area (Å²) in [6.45, 7) is 2.70. The summed E-state index contributed by atoms with van der Waals surface area (Å²) in [5.41, 5.74) is 3.20. The highest BCUT2D eigenvalue weighted by molar-refractivity contribution is 7.10. The highest BCUT2D eigenvalue weighted by atomic mass is 32.1. The first-order chi connectivity index (χ1) is 16.0. The van der Waals surface area contributed by atoms with Crippen LogP contribution in [0.1, 0.15) is 54.9 Å². The number of rotatable bonds is 5. The number of carbonyl (C=O) groups excluding carboxylic acids is 2. The number of nitrogens with one attached hydrogen (secondary N) is 1. The summed E-state index contributed by atoms with van der Waals surface area (Å²) in [5.74, 6) is -1.30. The van der Waals surface area contributed by atoms with Crippen molar-refractivity contribution < 1.29 is 23.5 Å². The predicted molar refractivity (Wildman–Crippen MR) is 123 cm³/mol. The molecule has 0 amide bonds. The molecule has 0 radical (unpaired) electrons. The normalized spacial score (nSPS) is 25.2. The summed E-state index contributed by atoms with van der Waals surface area (Å²) < 4.78 is 24.9. The lowest BCUT2D eigenvalue weighted by Gasteiger charge is -2.36. The van der Waals surface area contributed by atoms with E-state index in [-0.39, 0.29) is 30.2 Å². The van der Waals surface area contributed by atoms with Crippen molar-refractivity contribution in [2.75, 3.05) is 13.2 Å². The molecule has 3 atom stereocenters. The number of halogens is 1. The molecule has 0 saturated carbocycles. The van der Waals surface area contributed by atoms with Gasteiger partial charge in [-0.15, -0.1) is 11.3 Å². The highest BCUT2D eigenvalue weighted by Gasteiger charge is 2.41. The monoisotopic (exact) mass is 467 g/mol. The van der Waals surface area contributed by atoms with Gasteiger partial charge in [-0.2, -0.15) is 0 Å². The molecule has 0 unspecified atom stereocenters.